The quantitative estimate of drug-likeness (QED) is 0.708. The number of benzene rings is 1. The fourth-order valence-corrected chi connectivity index (χ4v) is 1.44. The van der Waals surface area contributed by atoms with E-state index >= 15 is 0 Å². The van der Waals surface area contributed by atoms with E-state index in [1.54, 1.807) is 24.3 Å². The van der Waals surface area contributed by atoms with Crippen LogP contribution in [0.25, 0.3) is 0 Å². The van der Waals surface area contributed by atoms with Gasteiger partial charge in [-0.05, 0) is 31.2 Å². The summed E-state index contributed by atoms with van der Waals surface area (Å²) < 4.78 is 0. The molecule has 1 aromatic heterocycles. The minimum Gasteiger partial charge on any atom is -0.321 e. The Morgan fingerprint density at radius 1 is 1.11 bits per heavy atom. The molecule has 0 saturated carbocycles. The van der Waals surface area contributed by atoms with Crippen LogP contribution in [0.2, 0.25) is 0 Å². The maximum Gasteiger partial charge on any atom is 0.273 e. The molecular weight excluding hydrogens is 234 g/mol. The molecule has 92 valence electrons. The van der Waals surface area contributed by atoms with Gasteiger partial charge in [0.2, 0.25) is 0 Å². The average Bonchev–Trinajstić information content (AvgIpc) is 2.76. The summed E-state index contributed by atoms with van der Waals surface area (Å²) in [5, 5.41) is 7.32. The lowest BCUT2D eigenvalue weighted by atomic mass is 10.1. The molecule has 0 radical (unpaired) electrons. The third-order valence-electron chi connectivity index (χ3n) is 2.39. The standard InChI is InChI=1S/C12H11N3O3/c1-7(16)8-2-4-9(5-3-8)13-12(18)10-6-11(17)15-14-10/h2-6H,1H3,(H,13,18)(H2,14,15,17). The van der Waals surface area contributed by atoms with Crippen molar-refractivity contribution < 1.29 is 9.59 Å². The van der Waals surface area contributed by atoms with E-state index in [-0.39, 0.29) is 17.0 Å². The Labute approximate surface area is 102 Å². The predicted molar refractivity (Wildman–Crippen MR) is 65.8 cm³/mol. The summed E-state index contributed by atoms with van der Waals surface area (Å²) in [6.07, 6.45) is 0. The molecule has 6 heteroatoms. The third kappa shape index (κ3) is 2.54. The van der Waals surface area contributed by atoms with Gasteiger partial charge in [-0.25, -0.2) is 0 Å². The van der Waals surface area contributed by atoms with Crippen LogP contribution in [0.4, 0.5) is 5.69 Å². The summed E-state index contributed by atoms with van der Waals surface area (Å²) in [5.74, 6) is -0.466. The number of carbonyl (C=O) groups is 2. The van der Waals surface area contributed by atoms with E-state index in [9.17, 15) is 14.4 Å². The minimum absolute atomic E-state index is 0.0390. The Morgan fingerprint density at radius 2 is 1.78 bits per heavy atom. The van der Waals surface area contributed by atoms with E-state index in [0.717, 1.165) is 0 Å². The van der Waals surface area contributed by atoms with E-state index in [1.807, 2.05) is 0 Å². The SMILES string of the molecule is CC(=O)c1ccc(NC(=O)c2cc(=O)[nH][nH]2)cc1. The van der Waals surface area contributed by atoms with Crippen molar-refractivity contribution in [3.8, 4) is 0 Å². The number of ketones is 1. The van der Waals surface area contributed by atoms with Gasteiger partial charge in [-0.3, -0.25) is 24.6 Å². The number of rotatable bonds is 3. The number of Topliss-reactive ketones (excluding diaryl/α,β-unsaturated/α-hetero) is 1. The number of nitrogens with one attached hydrogen (secondary N) is 3. The minimum atomic E-state index is -0.427. The molecule has 1 heterocycles. The van der Waals surface area contributed by atoms with Crippen LogP contribution in [0.1, 0.15) is 27.8 Å². The summed E-state index contributed by atoms with van der Waals surface area (Å²) in [6.45, 7) is 1.47. The van der Waals surface area contributed by atoms with Gasteiger partial charge in [0.1, 0.15) is 5.69 Å². The molecular formula is C12H11N3O3. The normalized spacial score (nSPS) is 10.1. The highest BCUT2D eigenvalue weighted by Gasteiger charge is 2.08. The number of anilines is 1. The van der Waals surface area contributed by atoms with Crippen LogP contribution in [-0.4, -0.2) is 21.9 Å². The van der Waals surface area contributed by atoms with Gasteiger partial charge in [0, 0.05) is 17.3 Å². The smallest absolute Gasteiger partial charge is 0.273 e. The van der Waals surface area contributed by atoms with E-state index in [2.05, 4.69) is 15.5 Å². The second-order valence-electron chi connectivity index (χ2n) is 3.76. The van der Waals surface area contributed by atoms with E-state index in [0.29, 0.717) is 11.3 Å². The first-order valence-corrected chi connectivity index (χ1v) is 5.26. The zero-order valence-electron chi connectivity index (χ0n) is 9.61. The first-order chi connectivity index (χ1) is 8.56. The lowest BCUT2D eigenvalue weighted by Gasteiger charge is -2.03. The molecule has 0 spiro atoms. The van der Waals surface area contributed by atoms with Crippen LogP contribution in [0.3, 0.4) is 0 Å². The van der Waals surface area contributed by atoms with E-state index in [1.165, 1.54) is 13.0 Å². The van der Waals surface area contributed by atoms with Crippen molar-refractivity contribution in [1.82, 2.24) is 10.2 Å². The van der Waals surface area contributed by atoms with Gasteiger partial charge in [-0.2, -0.15) is 0 Å². The van der Waals surface area contributed by atoms with Gasteiger partial charge in [0.25, 0.3) is 11.5 Å². The van der Waals surface area contributed by atoms with Crippen molar-refractivity contribution in [1.29, 1.82) is 0 Å². The van der Waals surface area contributed by atoms with Crippen LogP contribution in [0.15, 0.2) is 35.1 Å². The Kier molecular flexibility index (Phi) is 3.09. The first kappa shape index (κ1) is 11.8. The lowest BCUT2D eigenvalue weighted by molar-refractivity contribution is 0.101. The zero-order valence-corrected chi connectivity index (χ0v) is 9.61. The third-order valence-corrected chi connectivity index (χ3v) is 2.39. The molecule has 0 aliphatic heterocycles. The van der Waals surface area contributed by atoms with Gasteiger partial charge in [0.05, 0.1) is 0 Å². The van der Waals surface area contributed by atoms with Crippen LogP contribution in [0.5, 0.6) is 0 Å². The molecule has 0 unspecified atom stereocenters. The molecule has 0 aliphatic carbocycles. The molecule has 2 aromatic rings. The average molecular weight is 245 g/mol. The maximum atomic E-state index is 11.7. The Morgan fingerprint density at radius 3 is 2.28 bits per heavy atom. The van der Waals surface area contributed by atoms with Crippen LogP contribution in [0, 0.1) is 0 Å². The van der Waals surface area contributed by atoms with Crippen molar-refractivity contribution in [3.63, 3.8) is 0 Å². The van der Waals surface area contributed by atoms with E-state index in [4.69, 9.17) is 0 Å². The largest absolute Gasteiger partial charge is 0.321 e. The Bertz CT molecular complexity index is 637. The van der Waals surface area contributed by atoms with Crippen LogP contribution < -0.4 is 10.9 Å². The first-order valence-electron chi connectivity index (χ1n) is 5.26. The molecule has 0 fully saturated rings. The summed E-state index contributed by atoms with van der Waals surface area (Å²) in [6, 6.07) is 7.66. The number of hydrogen-bond acceptors (Lipinski definition) is 3. The van der Waals surface area contributed by atoms with Crippen molar-refractivity contribution in [2.75, 3.05) is 5.32 Å². The Hall–Kier alpha value is -2.63. The number of H-pyrrole nitrogens is 2. The van der Waals surface area contributed by atoms with Gasteiger partial charge in [-0.15, -0.1) is 0 Å². The molecule has 0 atom stereocenters. The molecule has 18 heavy (non-hydrogen) atoms. The molecule has 1 aromatic carbocycles. The number of aromatic nitrogens is 2. The lowest BCUT2D eigenvalue weighted by Crippen LogP contribution is -2.12. The van der Waals surface area contributed by atoms with Gasteiger partial charge >= 0.3 is 0 Å². The van der Waals surface area contributed by atoms with Crippen molar-refractivity contribution in [2.45, 2.75) is 6.92 Å². The number of aromatic amines is 2. The molecule has 0 saturated heterocycles. The summed E-state index contributed by atoms with van der Waals surface area (Å²) in [5.41, 5.74) is 0.901. The fraction of sp³-hybridized carbons (Fsp3) is 0.0833. The van der Waals surface area contributed by atoms with Crippen molar-refractivity contribution >= 4 is 17.4 Å². The molecule has 2 rings (SSSR count). The summed E-state index contributed by atoms with van der Waals surface area (Å²) in [7, 11) is 0. The van der Waals surface area contributed by atoms with Crippen LogP contribution in [-0.2, 0) is 0 Å². The zero-order chi connectivity index (χ0) is 13.1. The highest BCUT2D eigenvalue weighted by molar-refractivity contribution is 6.03. The second-order valence-corrected chi connectivity index (χ2v) is 3.76. The van der Waals surface area contributed by atoms with Crippen LogP contribution >= 0.6 is 0 Å². The molecule has 3 N–H and O–H groups in total. The predicted octanol–water partition coefficient (Wildman–Crippen LogP) is 1.16. The molecule has 0 aliphatic rings. The second kappa shape index (κ2) is 4.70. The molecule has 1 amide bonds. The van der Waals surface area contributed by atoms with Gasteiger partial charge in [0.15, 0.2) is 5.78 Å². The number of hydrogen-bond donors (Lipinski definition) is 3. The summed E-state index contributed by atoms with van der Waals surface area (Å²) >= 11 is 0. The van der Waals surface area contributed by atoms with Crippen molar-refractivity contribution in [3.05, 3.63) is 51.9 Å². The Balaban J connectivity index is 2.12. The maximum absolute atomic E-state index is 11.7. The monoisotopic (exact) mass is 245 g/mol. The number of amides is 1. The van der Waals surface area contributed by atoms with E-state index < -0.39 is 5.91 Å². The topological polar surface area (TPSA) is 94.8 Å². The highest BCUT2D eigenvalue weighted by atomic mass is 16.2. The van der Waals surface area contributed by atoms with Gasteiger partial charge in [-0.1, -0.05) is 0 Å². The summed E-state index contributed by atoms with van der Waals surface area (Å²) in [4.78, 5) is 33.6. The molecule has 6 nitrogen and oxygen atoms in total. The molecule has 0 bridgehead atoms. The highest BCUT2D eigenvalue weighted by Crippen LogP contribution is 2.10. The van der Waals surface area contributed by atoms with Crippen molar-refractivity contribution in [2.24, 2.45) is 0 Å². The number of carbonyl (C=O) groups excluding carboxylic acids is 2. The fourth-order valence-electron chi connectivity index (χ4n) is 1.44. The van der Waals surface area contributed by atoms with Gasteiger partial charge < -0.3 is 5.32 Å².